The summed E-state index contributed by atoms with van der Waals surface area (Å²) in [5, 5.41) is 12.9. The van der Waals surface area contributed by atoms with Crippen LogP contribution in [-0.4, -0.2) is 4.98 Å². The molecule has 2 aromatic carbocycles. The van der Waals surface area contributed by atoms with Gasteiger partial charge in [0.25, 0.3) is 0 Å². The van der Waals surface area contributed by atoms with Crippen molar-refractivity contribution in [2.45, 2.75) is 0 Å². The van der Waals surface area contributed by atoms with Crippen LogP contribution in [0.15, 0.2) is 78.9 Å². The maximum atomic E-state index is 13.8. The Labute approximate surface area is 123 Å². The molecule has 0 fully saturated rings. The van der Waals surface area contributed by atoms with Gasteiger partial charge in [0.2, 0.25) is 0 Å². The highest BCUT2D eigenvalue weighted by Crippen LogP contribution is 2.41. The van der Waals surface area contributed by atoms with Crippen molar-refractivity contribution in [2.24, 2.45) is 0 Å². The first kappa shape index (κ1) is 13.6. The van der Waals surface area contributed by atoms with Gasteiger partial charge in [-0.05, 0) is 11.9 Å². The Kier molecular flexibility index (Phi) is 3.59. The number of benzene rings is 2. The van der Waals surface area contributed by atoms with Crippen molar-refractivity contribution in [3.63, 3.8) is 0 Å². The quantitative estimate of drug-likeness (QED) is 0.692. The molecule has 0 N–H and O–H groups in total. The van der Waals surface area contributed by atoms with E-state index in [1.807, 2.05) is 60.7 Å². The molecule has 4 heteroatoms. The molecule has 3 rings (SSSR count). The van der Waals surface area contributed by atoms with Gasteiger partial charge in [-0.1, -0.05) is 72.8 Å². The fourth-order valence-corrected chi connectivity index (χ4v) is 4.82. The van der Waals surface area contributed by atoms with Crippen LogP contribution in [0.2, 0.25) is 0 Å². The monoisotopic (exact) mass is 294 g/mol. The summed E-state index contributed by atoms with van der Waals surface area (Å²) in [5.74, 6) is -0.375. The molecule has 104 valence electrons. The lowest BCUT2D eigenvalue weighted by atomic mass is 10.4. The minimum absolute atomic E-state index is 0.326. The lowest BCUT2D eigenvalue weighted by molar-refractivity contribution is -0.274. The fourth-order valence-electron chi connectivity index (χ4n) is 2.27. The fraction of sp³-hybridized carbons (Fsp3) is 0. The summed E-state index contributed by atoms with van der Waals surface area (Å²) in [7, 11) is -3.11. The number of nitrogens with zero attached hydrogens (tertiary/aromatic N) is 1. The van der Waals surface area contributed by atoms with Crippen LogP contribution in [0.3, 0.4) is 0 Å². The molecule has 0 spiro atoms. The van der Waals surface area contributed by atoms with Gasteiger partial charge >= 0.3 is 0 Å². The molecule has 0 aliphatic rings. The zero-order valence-electron chi connectivity index (χ0n) is 11.2. The van der Waals surface area contributed by atoms with Crippen molar-refractivity contribution in [1.82, 2.24) is 4.98 Å². The zero-order valence-corrected chi connectivity index (χ0v) is 12.1. The molecular formula is C17H13NO2P-. The van der Waals surface area contributed by atoms with Gasteiger partial charge in [0, 0.05) is 10.6 Å². The maximum Gasteiger partial charge on any atom is 0.188 e. The van der Waals surface area contributed by atoms with Crippen molar-refractivity contribution in [3.05, 3.63) is 78.9 Å². The van der Waals surface area contributed by atoms with E-state index in [1.165, 1.54) is 6.07 Å². The molecule has 1 heterocycles. The Bertz CT molecular complexity index is 745. The first-order chi connectivity index (χ1) is 10.2. The second-order valence-corrected chi connectivity index (χ2v) is 7.32. The van der Waals surface area contributed by atoms with Gasteiger partial charge in [-0.25, -0.2) is 0 Å². The van der Waals surface area contributed by atoms with Crippen LogP contribution in [0, 0.1) is 0 Å². The second kappa shape index (κ2) is 5.55. The van der Waals surface area contributed by atoms with Crippen LogP contribution < -0.4 is 21.2 Å². The van der Waals surface area contributed by atoms with E-state index in [9.17, 15) is 9.67 Å². The van der Waals surface area contributed by atoms with Crippen LogP contribution in [0.25, 0.3) is 0 Å². The second-order valence-electron chi connectivity index (χ2n) is 4.61. The molecule has 0 aliphatic heterocycles. The molecule has 21 heavy (non-hydrogen) atoms. The topological polar surface area (TPSA) is 53.0 Å². The molecule has 3 nitrogen and oxygen atoms in total. The van der Waals surface area contributed by atoms with E-state index in [4.69, 9.17) is 0 Å². The third-order valence-electron chi connectivity index (χ3n) is 3.27. The van der Waals surface area contributed by atoms with Crippen molar-refractivity contribution in [3.8, 4) is 5.88 Å². The van der Waals surface area contributed by atoms with Gasteiger partial charge in [-0.15, -0.1) is 0 Å². The highest BCUT2D eigenvalue weighted by molar-refractivity contribution is 7.85. The molecule has 0 saturated carbocycles. The normalized spacial score (nSPS) is 11.2. The molecule has 0 atom stereocenters. The van der Waals surface area contributed by atoms with E-state index in [1.54, 1.807) is 12.1 Å². The average Bonchev–Trinajstić information content (AvgIpc) is 2.56. The SMILES string of the molecule is O=P(c1ccccc1)(c1ccccc1)c1cccc([O-])n1. The van der Waals surface area contributed by atoms with Crippen LogP contribution in [0.4, 0.5) is 0 Å². The summed E-state index contributed by atoms with van der Waals surface area (Å²) in [6, 6.07) is 23.0. The van der Waals surface area contributed by atoms with Gasteiger partial charge in [-0.2, -0.15) is 0 Å². The van der Waals surface area contributed by atoms with Crippen molar-refractivity contribution < 1.29 is 9.67 Å². The molecule has 0 bridgehead atoms. The summed E-state index contributed by atoms with van der Waals surface area (Å²) in [4.78, 5) is 3.98. The maximum absolute atomic E-state index is 13.8. The number of hydrogen-bond acceptors (Lipinski definition) is 3. The lowest BCUT2D eigenvalue weighted by Crippen LogP contribution is -2.27. The van der Waals surface area contributed by atoms with Gasteiger partial charge in [-0.3, -0.25) is 4.98 Å². The number of pyridine rings is 1. The van der Waals surface area contributed by atoms with E-state index in [-0.39, 0.29) is 5.88 Å². The van der Waals surface area contributed by atoms with Gasteiger partial charge < -0.3 is 9.67 Å². The Morgan fingerprint density at radius 3 is 1.71 bits per heavy atom. The molecule has 0 radical (unpaired) electrons. The predicted molar refractivity (Wildman–Crippen MR) is 83.1 cm³/mol. The molecule has 3 aromatic rings. The van der Waals surface area contributed by atoms with Gasteiger partial charge in [0.05, 0.1) is 0 Å². The third-order valence-corrected chi connectivity index (χ3v) is 6.22. The summed E-state index contributed by atoms with van der Waals surface area (Å²) < 4.78 is 13.8. The van der Waals surface area contributed by atoms with Crippen molar-refractivity contribution in [2.75, 3.05) is 0 Å². The Balaban J connectivity index is 2.29. The molecule has 0 unspecified atom stereocenters. The number of rotatable bonds is 3. The third kappa shape index (κ3) is 2.48. The van der Waals surface area contributed by atoms with Crippen LogP contribution in [0.1, 0.15) is 0 Å². The summed E-state index contributed by atoms with van der Waals surface area (Å²) in [6.45, 7) is 0. The smallest absolute Gasteiger partial charge is 0.188 e. The minimum Gasteiger partial charge on any atom is -0.859 e. The Morgan fingerprint density at radius 2 is 1.24 bits per heavy atom. The van der Waals surface area contributed by atoms with Crippen molar-refractivity contribution in [1.29, 1.82) is 0 Å². The average molecular weight is 294 g/mol. The van der Waals surface area contributed by atoms with Crippen molar-refractivity contribution >= 4 is 23.2 Å². The molecular weight excluding hydrogens is 281 g/mol. The van der Waals surface area contributed by atoms with E-state index in [2.05, 4.69) is 4.98 Å². The Morgan fingerprint density at radius 1 is 0.714 bits per heavy atom. The van der Waals surface area contributed by atoms with E-state index in [0.29, 0.717) is 16.0 Å². The van der Waals surface area contributed by atoms with E-state index < -0.39 is 7.14 Å². The van der Waals surface area contributed by atoms with E-state index >= 15 is 0 Å². The highest BCUT2D eigenvalue weighted by Gasteiger charge is 2.30. The largest absolute Gasteiger partial charge is 0.859 e. The van der Waals surface area contributed by atoms with Crippen LogP contribution >= 0.6 is 7.14 Å². The van der Waals surface area contributed by atoms with Crippen LogP contribution in [-0.2, 0) is 4.57 Å². The number of hydrogen-bond donors (Lipinski definition) is 0. The predicted octanol–water partition coefficient (Wildman–Crippen LogP) is 1.79. The highest BCUT2D eigenvalue weighted by atomic mass is 31.2. The Hall–Kier alpha value is -2.38. The lowest BCUT2D eigenvalue weighted by Gasteiger charge is -2.20. The molecule has 0 aliphatic carbocycles. The molecule has 0 saturated heterocycles. The van der Waals surface area contributed by atoms with Crippen LogP contribution in [0.5, 0.6) is 5.88 Å². The molecule has 1 aromatic heterocycles. The first-order valence-electron chi connectivity index (χ1n) is 6.57. The first-order valence-corrected chi connectivity index (χ1v) is 8.28. The van der Waals surface area contributed by atoms with Gasteiger partial charge in [0.15, 0.2) is 7.14 Å². The number of aromatic nitrogens is 1. The van der Waals surface area contributed by atoms with Gasteiger partial charge in [0.1, 0.15) is 5.44 Å². The standard InChI is InChI=1S/C17H14NO2P/c19-16-12-7-13-17(18-16)21(20,14-8-3-1-4-9-14)15-10-5-2-6-11-15/h1-13H,(H,18,19)/p-1. The zero-order chi connectivity index (χ0) is 14.7. The van der Waals surface area contributed by atoms with E-state index in [0.717, 1.165) is 0 Å². The summed E-state index contributed by atoms with van der Waals surface area (Å²) >= 11 is 0. The molecule has 0 amide bonds. The minimum atomic E-state index is -3.11. The summed E-state index contributed by atoms with van der Waals surface area (Å²) in [5.41, 5.74) is 0.326. The summed E-state index contributed by atoms with van der Waals surface area (Å²) in [6.07, 6.45) is 0.